The molecule has 0 unspecified atom stereocenters. The smallest absolute Gasteiger partial charge is 0.275 e. The number of aryl methyl sites for hydroxylation is 1. The summed E-state index contributed by atoms with van der Waals surface area (Å²) >= 11 is 0. The minimum Gasteiger partial charge on any atom is -0.340 e. The maximum Gasteiger partial charge on any atom is 0.275 e. The second-order valence-corrected chi connectivity index (χ2v) is 7.54. The first-order chi connectivity index (χ1) is 14.2. The van der Waals surface area contributed by atoms with Gasteiger partial charge in [-0.05, 0) is 44.8 Å². The third-order valence-corrected chi connectivity index (χ3v) is 5.40. The lowest BCUT2D eigenvalue weighted by molar-refractivity contribution is 0.0787. The summed E-state index contributed by atoms with van der Waals surface area (Å²) in [5.74, 6) is -0.0835. The van der Waals surface area contributed by atoms with Crippen molar-refractivity contribution in [3.8, 4) is 11.3 Å². The minimum absolute atomic E-state index is 0. The lowest BCUT2D eigenvalue weighted by Gasteiger charge is -2.22. The Bertz CT molecular complexity index is 934. The number of benzene rings is 1. The standard InChI is InChI=1S/C21H27N7O.ClH/c1-27(21(29)20-15-28(26-25-20)18-9-11-22-12-10-18)13-5-8-17-14-19(24-23-17)16-6-3-2-4-7-16;/h2-4,6-7,14-15,18,22H,5,8-13H2,1H3,(H,23,24);1H. The van der Waals surface area contributed by atoms with E-state index in [0.29, 0.717) is 18.3 Å². The number of aromatic amines is 1. The van der Waals surface area contributed by atoms with E-state index in [0.717, 1.165) is 55.7 Å². The molecule has 1 fully saturated rings. The van der Waals surface area contributed by atoms with Crippen LogP contribution in [0.15, 0.2) is 42.6 Å². The number of rotatable bonds is 7. The topological polar surface area (TPSA) is 91.7 Å². The molecule has 0 atom stereocenters. The summed E-state index contributed by atoms with van der Waals surface area (Å²) in [5, 5.41) is 19.1. The number of piperidine rings is 1. The van der Waals surface area contributed by atoms with Gasteiger partial charge in [0.25, 0.3) is 5.91 Å². The van der Waals surface area contributed by atoms with E-state index in [1.54, 1.807) is 11.1 Å². The van der Waals surface area contributed by atoms with Crippen molar-refractivity contribution in [2.24, 2.45) is 0 Å². The lowest BCUT2D eigenvalue weighted by atomic mass is 10.1. The third kappa shape index (κ3) is 5.25. The van der Waals surface area contributed by atoms with Crippen molar-refractivity contribution in [1.82, 2.24) is 35.4 Å². The van der Waals surface area contributed by atoms with Crippen molar-refractivity contribution in [2.75, 3.05) is 26.7 Å². The summed E-state index contributed by atoms with van der Waals surface area (Å²) in [7, 11) is 1.81. The second-order valence-electron chi connectivity index (χ2n) is 7.54. The molecule has 0 aliphatic carbocycles. The molecule has 3 aromatic rings. The first kappa shape index (κ1) is 22.0. The van der Waals surface area contributed by atoms with Crippen LogP contribution in [0.25, 0.3) is 11.3 Å². The number of hydrogen-bond donors (Lipinski definition) is 2. The van der Waals surface area contributed by atoms with Gasteiger partial charge in [0.2, 0.25) is 0 Å². The van der Waals surface area contributed by atoms with Gasteiger partial charge < -0.3 is 10.2 Å². The molecule has 0 radical (unpaired) electrons. The van der Waals surface area contributed by atoms with Crippen molar-refractivity contribution in [2.45, 2.75) is 31.7 Å². The first-order valence-corrected chi connectivity index (χ1v) is 10.2. The van der Waals surface area contributed by atoms with Crippen molar-refractivity contribution in [3.05, 3.63) is 54.0 Å². The van der Waals surface area contributed by atoms with Crippen LogP contribution >= 0.6 is 12.4 Å². The van der Waals surface area contributed by atoms with Crippen LogP contribution in [-0.2, 0) is 6.42 Å². The van der Waals surface area contributed by atoms with Crippen LogP contribution in [0.5, 0.6) is 0 Å². The lowest BCUT2D eigenvalue weighted by Crippen LogP contribution is -2.30. The number of carbonyl (C=O) groups is 1. The number of amides is 1. The van der Waals surface area contributed by atoms with E-state index in [2.05, 4.69) is 31.9 Å². The summed E-state index contributed by atoms with van der Waals surface area (Å²) < 4.78 is 1.84. The van der Waals surface area contributed by atoms with E-state index >= 15 is 0 Å². The highest BCUT2D eigenvalue weighted by atomic mass is 35.5. The van der Waals surface area contributed by atoms with Gasteiger partial charge in [-0.2, -0.15) is 5.10 Å². The van der Waals surface area contributed by atoms with E-state index in [9.17, 15) is 4.79 Å². The zero-order valence-electron chi connectivity index (χ0n) is 17.1. The number of nitrogens with one attached hydrogen (secondary N) is 2. The van der Waals surface area contributed by atoms with Gasteiger partial charge >= 0.3 is 0 Å². The second kappa shape index (κ2) is 10.4. The Morgan fingerprint density at radius 2 is 2.00 bits per heavy atom. The van der Waals surface area contributed by atoms with Gasteiger partial charge in [0, 0.05) is 24.8 Å². The fraction of sp³-hybridized carbons (Fsp3) is 0.429. The zero-order valence-corrected chi connectivity index (χ0v) is 17.9. The average Bonchev–Trinajstić information content (AvgIpc) is 3.45. The molecule has 1 saturated heterocycles. The van der Waals surface area contributed by atoms with Crippen LogP contribution < -0.4 is 5.32 Å². The van der Waals surface area contributed by atoms with Crippen LogP contribution in [0.2, 0.25) is 0 Å². The Hall–Kier alpha value is -2.71. The number of H-pyrrole nitrogens is 1. The van der Waals surface area contributed by atoms with Crippen molar-refractivity contribution >= 4 is 18.3 Å². The Balaban J connectivity index is 0.00000256. The zero-order chi connectivity index (χ0) is 20.1. The molecule has 3 heterocycles. The number of nitrogens with zero attached hydrogens (tertiary/aromatic N) is 5. The largest absolute Gasteiger partial charge is 0.340 e. The first-order valence-electron chi connectivity index (χ1n) is 10.2. The van der Waals surface area contributed by atoms with Crippen molar-refractivity contribution < 1.29 is 4.79 Å². The molecule has 0 bridgehead atoms. The number of halogens is 1. The molecule has 8 nitrogen and oxygen atoms in total. The van der Waals surface area contributed by atoms with Crippen molar-refractivity contribution in [3.63, 3.8) is 0 Å². The number of hydrogen-bond acceptors (Lipinski definition) is 5. The van der Waals surface area contributed by atoms with Gasteiger partial charge in [-0.25, -0.2) is 4.68 Å². The van der Waals surface area contributed by atoms with Gasteiger partial charge in [-0.1, -0.05) is 35.5 Å². The monoisotopic (exact) mass is 429 g/mol. The highest BCUT2D eigenvalue weighted by Gasteiger charge is 2.20. The van der Waals surface area contributed by atoms with Gasteiger partial charge in [0.05, 0.1) is 17.9 Å². The molecule has 30 heavy (non-hydrogen) atoms. The van der Waals surface area contributed by atoms with Gasteiger partial charge in [0.1, 0.15) is 0 Å². The predicted molar refractivity (Wildman–Crippen MR) is 118 cm³/mol. The fourth-order valence-corrected chi connectivity index (χ4v) is 3.67. The fourth-order valence-electron chi connectivity index (χ4n) is 3.67. The maximum absolute atomic E-state index is 12.6. The molecule has 0 saturated carbocycles. The average molecular weight is 430 g/mol. The number of aromatic nitrogens is 5. The van der Waals surface area contributed by atoms with Crippen LogP contribution in [0.3, 0.4) is 0 Å². The molecule has 1 aromatic carbocycles. The normalized spacial score (nSPS) is 14.3. The number of carbonyl (C=O) groups excluding carboxylic acids is 1. The summed E-state index contributed by atoms with van der Waals surface area (Å²) in [6, 6.07) is 12.5. The molecule has 4 rings (SSSR count). The molecule has 2 aromatic heterocycles. The molecule has 1 amide bonds. The molecule has 0 spiro atoms. The Morgan fingerprint density at radius 3 is 2.77 bits per heavy atom. The van der Waals surface area contributed by atoms with Crippen molar-refractivity contribution in [1.29, 1.82) is 0 Å². The summed E-state index contributed by atoms with van der Waals surface area (Å²) in [6.45, 7) is 2.61. The van der Waals surface area contributed by atoms with Crippen LogP contribution in [-0.4, -0.2) is 62.7 Å². The highest BCUT2D eigenvalue weighted by Crippen LogP contribution is 2.18. The highest BCUT2D eigenvalue weighted by molar-refractivity contribution is 5.91. The van der Waals surface area contributed by atoms with E-state index < -0.39 is 0 Å². The minimum atomic E-state index is -0.0835. The maximum atomic E-state index is 12.6. The van der Waals surface area contributed by atoms with E-state index in [-0.39, 0.29) is 18.3 Å². The molecule has 160 valence electrons. The van der Waals surface area contributed by atoms with E-state index in [4.69, 9.17) is 0 Å². The van der Waals surface area contributed by atoms with Crippen LogP contribution in [0.1, 0.15) is 41.5 Å². The molecule has 9 heteroatoms. The Labute approximate surface area is 182 Å². The Kier molecular flexibility index (Phi) is 7.59. The van der Waals surface area contributed by atoms with Crippen LogP contribution in [0, 0.1) is 0 Å². The quantitative estimate of drug-likeness (QED) is 0.602. The molecule has 1 aliphatic rings. The molecular weight excluding hydrogens is 402 g/mol. The summed E-state index contributed by atoms with van der Waals surface area (Å²) in [5.41, 5.74) is 3.53. The Morgan fingerprint density at radius 1 is 1.23 bits per heavy atom. The molecule has 2 N–H and O–H groups in total. The summed E-state index contributed by atoms with van der Waals surface area (Å²) in [6.07, 6.45) is 5.50. The van der Waals surface area contributed by atoms with E-state index in [1.807, 2.05) is 42.1 Å². The van der Waals surface area contributed by atoms with Crippen LogP contribution in [0.4, 0.5) is 0 Å². The van der Waals surface area contributed by atoms with Gasteiger partial charge in [-0.3, -0.25) is 9.89 Å². The van der Waals surface area contributed by atoms with Gasteiger partial charge in [-0.15, -0.1) is 17.5 Å². The third-order valence-electron chi connectivity index (χ3n) is 5.40. The molecule has 1 aliphatic heterocycles. The predicted octanol–water partition coefficient (Wildman–Crippen LogP) is 2.72. The SMILES string of the molecule is CN(CCCc1cc(-c2ccccc2)n[nH]1)C(=O)c1cn(C2CCNCC2)nn1.Cl. The van der Waals surface area contributed by atoms with E-state index in [1.165, 1.54) is 0 Å². The summed E-state index contributed by atoms with van der Waals surface area (Å²) in [4.78, 5) is 14.4. The van der Waals surface area contributed by atoms with Gasteiger partial charge in [0.15, 0.2) is 5.69 Å². The molecular formula is C21H28ClN7O.